The van der Waals surface area contributed by atoms with E-state index in [2.05, 4.69) is 55.0 Å². The maximum Gasteiger partial charge on any atom is 0.0746 e. The zero-order valence-corrected chi connectivity index (χ0v) is 12.7. The summed E-state index contributed by atoms with van der Waals surface area (Å²) in [6, 6.07) is 10.8. The number of rotatable bonds is 6. The van der Waals surface area contributed by atoms with E-state index in [1.54, 1.807) is 0 Å². The zero-order valence-electron chi connectivity index (χ0n) is 12.7. The van der Waals surface area contributed by atoms with Gasteiger partial charge in [0.25, 0.3) is 0 Å². The first kappa shape index (κ1) is 14.9. The molecule has 1 aromatic heterocycles. The van der Waals surface area contributed by atoms with Crippen molar-refractivity contribution in [3.05, 3.63) is 42.1 Å². The van der Waals surface area contributed by atoms with Gasteiger partial charge >= 0.3 is 0 Å². The zero-order chi connectivity index (χ0) is 14.5. The Morgan fingerprint density at radius 2 is 1.95 bits per heavy atom. The summed E-state index contributed by atoms with van der Waals surface area (Å²) < 4.78 is 0. The molecule has 0 saturated carbocycles. The molecule has 1 atom stereocenters. The van der Waals surface area contributed by atoms with Crippen LogP contribution in [0, 0.1) is 5.92 Å². The molecular formula is C17H25N3. The fourth-order valence-corrected chi connectivity index (χ4v) is 2.37. The van der Waals surface area contributed by atoms with Crippen LogP contribution in [0.3, 0.4) is 0 Å². The lowest BCUT2D eigenvalue weighted by molar-refractivity contribution is 0.297. The van der Waals surface area contributed by atoms with Gasteiger partial charge in [-0.15, -0.1) is 0 Å². The van der Waals surface area contributed by atoms with Crippen LogP contribution in [-0.4, -0.2) is 29.5 Å². The quantitative estimate of drug-likeness (QED) is 0.878. The average Bonchev–Trinajstić information content (AvgIpc) is 2.45. The third kappa shape index (κ3) is 3.78. The predicted molar refractivity (Wildman–Crippen MR) is 85.5 cm³/mol. The van der Waals surface area contributed by atoms with Crippen LogP contribution >= 0.6 is 0 Å². The predicted octanol–water partition coefficient (Wildman–Crippen LogP) is 3.04. The van der Waals surface area contributed by atoms with Gasteiger partial charge in [0.1, 0.15) is 0 Å². The summed E-state index contributed by atoms with van der Waals surface area (Å²) in [4.78, 5) is 6.83. The molecule has 2 N–H and O–H groups in total. The molecule has 0 bridgehead atoms. The van der Waals surface area contributed by atoms with Gasteiger partial charge in [0, 0.05) is 24.2 Å². The highest BCUT2D eigenvalue weighted by molar-refractivity contribution is 5.81. The number of aromatic nitrogens is 1. The van der Waals surface area contributed by atoms with E-state index in [4.69, 9.17) is 5.73 Å². The van der Waals surface area contributed by atoms with E-state index in [-0.39, 0.29) is 6.04 Å². The molecule has 3 nitrogen and oxygen atoms in total. The number of fused-ring (bicyclic) bond motifs is 1. The van der Waals surface area contributed by atoms with Crippen LogP contribution in [-0.2, 0) is 6.54 Å². The first-order valence-corrected chi connectivity index (χ1v) is 7.34. The number of benzene rings is 1. The maximum absolute atomic E-state index is 6.11. The molecular weight excluding hydrogens is 246 g/mol. The monoisotopic (exact) mass is 271 g/mol. The standard InChI is InChI=1S/C17H25N3/c1-13(2)16(18)9-11-20(3)12-15-7-4-6-14-8-5-10-19-17(14)15/h4-8,10,13,16H,9,11-12,18H2,1-3H3. The molecule has 0 amide bonds. The molecule has 20 heavy (non-hydrogen) atoms. The van der Waals surface area contributed by atoms with Gasteiger partial charge in [-0.25, -0.2) is 0 Å². The number of nitrogens with two attached hydrogens (primary N) is 1. The SMILES string of the molecule is CC(C)C(N)CCN(C)Cc1cccc2cccnc12. The molecule has 0 spiro atoms. The topological polar surface area (TPSA) is 42.1 Å². The smallest absolute Gasteiger partial charge is 0.0746 e. The van der Waals surface area contributed by atoms with Crippen molar-refractivity contribution in [2.45, 2.75) is 32.9 Å². The number of pyridine rings is 1. The second kappa shape index (κ2) is 6.82. The van der Waals surface area contributed by atoms with E-state index in [1.807, 2.05) is 12.3 Å². The minimum Gasteiger partial charge on any atom is -0.327 e. The molecule has 3 heteroatoms. The van der Waals surface area contributed by atoms with E-state index in [0.717, 1.165) is 25.0 Å². The highest BCUT2D eigenvalue weighted by atomic mass is 15.1. The molecule has 0 aliphatic carbocycles. The van der Waals surface area contributed by atoms with Gasteiger partial charge in [-0.1, -0.05) is 38.1 Å². The van der Waals surface area contributed by atoms with Crippen LogP contribution in [0.5, 0.6) is 0 Å². The molecule has 0 aliphatic heterocycles. The Bertz CT molecular complexity index is 545. The Labute approximate surface area is 121 Å². The summed E-state index contributed by atoms with van der Waals surface area (Å²) in [5.74, 6) is 0.544. The Morgan fingerprint density at radius 1 is 1.20 bits per heavy atom. The summed E-state index contributed by atoms with van der Waals surface area (Å²) in [6.45, 7) is 6.29. The highest BCUT2D eigenvalue weighted by Crippen LogP contribution is 2.17. The van der Waals surface area contributed by atoms with E-state index in [1.165, 1.54) is 10.9 Å². The normalized spacial score (nSPS) is 13.3. The van der Waals surface area contributed by atoms with Crippen molar-refractivity contribution in [1.82, 2.24) is 9.88 Å². The fraction of sp³-hybridized carbons (Fsp3) is 0.471. The molecule has 0 aliphatic rings. The lowest BCUT2D eigenvalue weighted by Gasteiger charge is -2.21. The Morgan fingerprint density at radius 3 is 2.70 bits per heavy atom. The van der Waals surface area contributed by atoms with Crippen molar-refractivity contribution >= 4 is 10.9 Å². The highest BCUT2D eigenvalue weighted by Gasteiger charge is 2.10. The second-order valence-electron chi connectivity index (χ2n) is 5.93. The van der Waals surface area contributed by atoms with Gasteiger partial charge in [-0.2, -0.15) is 0 Å². The van der Waals surface area contributed by atoms with Gasteiger partial charge in [0.15, 0.2) is 0 Å². The van der Waals surface area contributed by atoms with Crippen molar-refractivity contribution in [1.29, 1.82) is 0 Å². The van der Waals surface area contributed by atoms with Crippen LogP contribution in [0.25, 0.3) is 10.9 Å². The molecule has 0 radical (unpaired) electrons. The molecule has 1 heterocycles. The lowest BCUT2D eigenvalue weighted by Crippen LogP contribution is -2.31. The number of nitrogens with zero attached hydrogens (tertiary/aromatic N) is 2. The van der Waals surface area contributed by atoms with Crippen LogP contribution < -0.4 is 5.73 Å². The first-order valence-electron chi connectivity index (χ1n) is 7.34. The summed E-state index contributed by atoms with van der Waals surface area (Å²) in [5.41, 5.74) is 8.50. The summed E-state index contributed by atoms with van der Waals surface area (Å²) in [7, 11) is 2.15. The van der Waals surface area contributed by atoms with Crippen molar-refractivity contribution in [3.8, 4) is 0 Å². The lowest BCUT2D eigenvalue weighted by atomic mass is 10.0. The number of hydrogen-bond acceptors (Lipinski definition) is 3. The Hall–Kier alpha value is -1.45. The van der Waals surface area contributed by atoms with Gasteiger partial charge in [0.05, 0.1) is 5.52 Å². The van der Waals surface area contributed by atoms with Crippen molar-refractivity contribution in [2.24, 2.45) is 11.7 Å². The minimum atomic E-state index is 0.281. The van der Waals surface area contributed by atoms with Crippen LogP contribution in [0.4, 0.5) is 0 Å². The summed E-state index contributed by atoms with van der Waals surface area (Å²) >= 11 is 0. The average molecular weight is 271 g/mol. The van der Waals surface area contributed by atoms with Crippen molar-refractivity contribution in [3.63, 3.8) is 0 Å². The van der Waals surface area contributed by atoms with E-state index in [0.29, 0.717) is 5.92 Å². The van der Waals surface area contributed by atoms with E-state index < -0.39 is 0 Å². The maximum atomic E-state index is 6.11. The molecule has 0 saturated heterocycles. The molecule has 1 aromatic carbocycles. The first-order chi connectivity index (χ1) is 9.58. The number of para-hydroxylation sites is 1. The van der Waals surface area contributed by atoms with Gasteiger partial charge < -0.3 is 10.6 Å². The third-order valence-electron chi connectivity index (χ3n) is 3.86. The fourth-order valence-electron chi connectivity index (χ4n) is 2.37. The Kier molecular flexibility index (Phi) is 5.10. The van der Waals surface area contributed by atoms with Gasteiger partial charge in [-0.3, -0.25) is 4.98 Å². The molecule has 2 rings (SSSR count). The summed E-state index contributed by atoms with van der Waals surface area (Å²) in [5, 5.41) is 1.21. The second-order valence-corrected chi connectivity index (χ2v) is 5.93. The molecule has 1 unspecified atom stereocenters. The Balaban J connectivity index is 2.01. The van der Waals surface area contributed by atoms with Crippen LogP contribution in [0.15, 0.2) is 36.5 Å². The third-order valence-corrected chi connectivity index (χ3v) is 3.86. The van der Waals surface area contributed by atoms with Gasteiger partial charge in [0.2, 0.25) is 0 Å². The molecule has 2 aromatic rings. The molecule has 108 valence electrons. The van der Waals surface area contributed by atoms with Crippen LogP contribution in [0.2, 0.25) is 0 Å². The minimum absolute atomic E-state index is 0.281. The van der Waals surface area contributed by atoms with E-state index in [9.17, 15) is 0 Å². The van der Waals surface area contributed by atoms with Crippen molar-refractivity contribution < 1.29 is 0 Å². The van der Waals surface area contributed by atoms with Crippen molar-refractivity contribution in [2.75, 3.05) is 13.6 Å². The summed E-state index contributed by atoms with van der Waals surface area (Å²) in [6.07, 6.45) is 2.90. The largest absolute Gasteiger partial charge is 0.327 e. The molecule has 0 fully saturated rings. The van der Waals surface area contributed by atoms with Gasteiger partial charge in [-0.05, 0) is 37.6 Å². The van der Waals surface area contributed by atoms with E-state index >= 15 is 0 Å². The van der Waals surface area contributed by atoms with Crippen LogP contribution in [0.1, 0.15) is 25.8 Å². The number of hydrogen-bond donors (Lipinski definition) is 1.